The lowest BCUT2D eigenvalue weighted by molar-refractivity contribution is -0.133. The predicted octanol–water partition coefficient (Wildman–Crippen LogP) is 2.80. The molecule has 1 heterocycles. The largest absolute Gasteiger partial charge is 0.423 e. The van der Waals surface area contributed by atoms with Gasteiger partial charge in [-0.3, -0.25) is 4.72 Å². The van der Waals surface area contributed by atoms with Gasteiger partial charge in [0.1, 0.15) is 6.54 Å². The van der Waals surface area contributed by atoms with E-state index >= 15 is 0 Å². The first kappa shape index (κ1) is 16.6. The minimum atomic E-state index is -3.79. The third-order valence-corrected chi connectivity index (χ3v) is 5.45. The van der Waals surface area contributed by atoms with Gasteiger partial charge in [-0.15, -0.1) is 0 Å². The van der Waals surface area contributed by atoms with Gasteiger partial charge in [-0.25, -0.2) is 13.2 Å². The zero-order valence-corrected chi connectivity index (χ0v) is 14.6. The molecule has 0 amide bonds. The molecule has 0 spiro atoms. The van der Waals surface area contributed by atoms with Crippen molar-refractivity contribution in [1.29, 1.82) is 0 Å². The number of anilines is 2. The fraction of sp³-hybridized carbons (Fsp3) is 0.188. The number of carbonyl (C=O) groups is 1. The lowest BCUT2D eigenvalue weighted by atomic mass is 10.2. The van der Waals surface area contributed by atoms with Crippen molar-refractivity contribution < 1.29 is 17.9 Å². The van der Waals surface area contributed by atoms with E-state index in [0.717, 1.165) is 5.56 Å². The number of esters is 1. The molecule has 0 aliphatic carbocycles. The topological polar surface area (TPSA) is 75.7 Å². The van der Waals surface area contributed by atoms with Gasteiger partial charge in [0, 0.05) is 12.1 Å². The maximum atomic E-state index is 12.6. The summed E-state index contributed by atoms with van der Waals surface area (Å²) < 4.78 is 32.7. The molecule has 0 unspecified atom stereocenters. The van der Waals surface area contributed by atoms with Gasteiger partial charge in [0.25, 0.3) is 10.0 Å². The number of carbonyl (C=O) groups excluding carboxylic acids is 1. The SMILES string of the molecule is Cc1ccc(NS(=O)(=O)c2ccc3c(c2)N(C)CC(=O)O3)cc1Cl. The van der Waals surface area contributed by atoms with Crippen LogP contribution in [0.3, 0.4) is 0 Å². The van der Waals surface area contributed by atoms with E-state index in [4.69, 9.17) is 16.3 Å². The molecule has 1 aliphatic heterocycles. The van der Waals surface area contributed by atoms with Gasteiger partial charge < -0.3 is 9.64 Å². The average Bonchev–Trinajstić information content (AvgIpc) is 2.50. The highest BCUT2D eigenvalue weighted by molar-refractivity contribution is 7.92. The third kappa shape index (κ3) is 3.18. The molecular weight excluding hydrogens is 352 g/mol. The molecule has 8 heteroatoms. The number of hydrogen-bond acceptors (Lipinski definition) is 5. The van der Waals surface area contributed by atoms with Crippen LogP contribution in [0.25, 0.3) is 0 Å². The number of fused-ring (bicyclic) bond motifs is 1. The number of aryl methyl sites for hydroxylation is 1. The van der Waals surface area contributed by atoms with Gasteiger partial charge in [-0.05, 0) is 42.8 Å². The molecule has 0 saturated heterocycles. The highest BCUT2D eigenvalue weighted by Crippen LogP contribution is 2.33. The number of nitrogens with one attached hydrogen (secondary N) is 1. The van der Waals surface area contributed by atoms with Crippen molar-refractivity contribution in [2.24, 2.45) is 0 Å². The molecule has 0 bridgehead atoms. The Morgan fingerprint density at radius 1 is 1.21 bits per heavy atom. The lowest BCUT2D eigenvalue weighted by Gasteiger charge is -2.26. The summed E-state index contributed by atoms with van der Waals surface area (Å²) in [6, 6.07) is 9.27. The summed E-state index contributed by atoms with van der Waals surface area (Å²) in [5.41, 5.74) is 1.78. The first-order chi connectivity index (χ1) is 11.3. The molecule has 2 aromatic carbocycles. The second-order valence-corrected chi connectivity index (χ2v) is 7.62. The van der Waals surface area contributed by atoms with Gasteiger partial charge >= 0.3 is 5.97 Å². The normalized spacial score (nSPS) is 14.1. The standard InChI is InChI=1S/C16H15ClN2O4S/c1-10-3-4-11(7-13(10)17)18-24(21,22)12-5-6-15-14(8-12)19(2)9-16(20)23-15/h3-8,18H,9H2,1-2H3. The number of nitrogens with zero attached hydrogens (tertiary/aromatic N) is 1. The van der Waals surface area contributed by atoms with E-state index < -0.39 is 10.0 Å². The third-order valence-electron chi connectivity index (χ3n) is 3.67. The molecule has 6 nitrogen and oxygen atoms in total. The molecule has 126 valence electrons. The number of rotatable bonds is 3. The van der Waals surface area contributed by atoms with Crippen LogP contribution in [0.2, 0.25) is 5.02 Å². The Bertz CT molecular complexity index is 928. The van der Waals surface area contributed by atoms with E-state index in [1.807, 2.05) is 6.92 Å². The Morgan fingerprint density at radius 2 is 1.96 bits per heavy atom. The van der Waals surface area contributed by atoms with Crippen LogP contribution in [0.15, 0.2) is 41.3 Å². The molecule has 1 aliphatic rings. The molecule has 0 radical (unpaired) electrons. The first-order valence-electron chi connectivity index (χ1n) is 7.11. The molecule has 0 aromatic heterocycles. The first-order valence-corrected chi connectivity index (χ1v) is 8.97. The summed E-state index contributed by atoms with van der Waals surface area (Å²) in [4.78, 5) is 13.1. The summed E-state index contributed by atoms with van der Waals surface area (Å²) in [6.07, 6.45) is 0. The van der Waals surface area contributed by atoms with Crippen LogP contribution in [0.4, 0.5) is 11.4 Å². The zero-order chi connectivity index (χ0) is 17.5. The maximum absolute atomic E-state index is 12.6. The Labute approximate surface area is 145 Å². The van der Waals surface area contributed by atoms with E-state index in [9.17, 15) is 13.2 Å². The Kier molecular flexibility index (Phi) is 4.15. The summed E-state index contributed by atoms with van der Waals surface area (Å²) in [5.74, 6) is -0.0425. The number of sulfonamides is 1. The van der Waals surface area contributed by atoms with E-state index in [1.54, 1.807) is 30.1 Å². The van der Waals surface area contributed by atoms with Gasteiger partial charge in [-0.1, -0.05) is 17.7 Å². The Hall–Kier alpha value is -2.25. The highest BCUT2D eigenvalue weighted by atomic mass is 35.5. The van der Waals surface area contributed by atoms with Crippen LogP contribution in [0, 0.1) is 6.92 Å². The van der Waals surface area contributed by atoms with Crippen molar-refractivity contribution in [2.45, 2.75) is 11.8 Å². The molecule has 0 atom stereocenters. The summed E-state index contributed by atoms with van der Waals surface area (Å²) >= 11 is 6.03. The van der Waals surface area contributed by atoms with Crippen molar-refractivity contribution in [3.05, 3.63) is 47.0 Å². The van der Waals surface area contributed by atoms with E-state index in [0.29, 0.717) is 22.1 Å². The fourth-order valence-corrected chi connectivity index (χ4v) is 3.60. The molecule has 0 saturated carbocycles. The van der Waals surface area contributed by atoms with Crippen LogP contribution >= 0.6 is 11.6 Å². The number of benzene rings is 2. The van der Waals surface area contributed by atoms with E-state index in [1.165, 1.54) is 18.2 Å². The van der Waals surface area contributed by atoms with Gasteiger partial charge in [0.2, 0.25) is 0 Å². The number of ether oxygens (including phenoxy) is 1. The summed E-state index contributed by atoms with van der Waals surface area (Å²) in [5, 5.41) is 0.479. The second-order valence-electron chi connectivity index (χ2n) is 5.53. The second kappa shape index (κ2) is 5.99. The Balaban J connectivity index is 1.94. The molecule has 2 aromatic rings. The van der Waals surface area contributed by atoms with Crippen molar-refractivity contribution >= 4 is 39.0 Å². The summed E-state index contributed by atoms with van der Waals surface area (Å²) in [6.45, 7) is 1.90. The number of hydrogen-bond donors (Lipinski definition) is 1. The molecule has 0 fully saturated rings. The van der Waals surface area contributed by atoms with Crippen molar-refractivity contribution in [3.63, 3.8) is 0 Å². The molecule has 3 rings (SSSR count). The smallest absolute Gasteiger partial charge is 0.330 e. The lowest BCUT2D eigenvalue weighted by Crippen LogP contribution is -2.33. The molecular formula is C16H15ClN2O4S. The van der Waals surface area contributed by atoms with Crippen molar-refractivity contribution in [2.75, 3.05) is 23.2 Å². The van der Waals surface area contributed by atoms with Crippen LogP contribution in [-0.4, -0.2) is 28.0 Å². The van der Waals surface area contributed by atoms with Crippen LogP contribution in [-0.2, 0) is 14.8 Å². The average molecular weight is 367 g/mol. The van der Waals surface area contributed by atoms with Crippen molar-refractivity contribution in [3.8, 4) is 5.75 Å². The number of likely N-dealkylation sites (N-methyl/N-ethyl adjacent to an activating group) is 1. The van der Waals surface area contributed by atoms with Crippen LogP contribution in [0.5, 0.6) is 5.75 Å². The quantitative estimate of drug-likeness (QED) is 0.667. The van der Waals surface area contributed by atoms with Gasteiger partial charge in [0.15, 0.2) is 5.75 Å². The van der Waals surface area contributed by atoms with Crippen molar-refractivity contribution in [1.82, 2.24) is 0 Å². The highest BCUT2D eigenvalue weighted by Gasteiger charge is 2.24. The molecule has 24 heavy (non-hydrogen) atoms. The predicted molar refractivity (Wildman–Crippen MR) is 92.3 cm³/mol. The zero-order valence-electron chi connectivity index (χ0n) is 13.0. The fourth-order valence-electron chi connectivity index (χ4n) is 2.35. The minimum absolute atomic E-state index is 0.0670. The minimum Gasteiger partial charge on any atom is -0.423 e. The monoisotopic (exact) mass is 366 g/mol. The number of halogens is 1. The van der Waals surface area contributed by atoms with E-state index in [-0.39, 0.29) is 17.4 Å². The van der Waals surface area contributed by atoms with Gasteiger partial charge in [-0.2, -0.15) is 0 Å². The van der Waals surface area contributed by atoms with Crippen LogP contribution in [0.1, 0.15) is 5.56 Å². The van der Waals surface area contributed by atoms with E-state index in [2.05, 4.69) is 4.72 Å². The van der Waals surface area contributed by atoms with Gasteiger partial charge in [0.05, 0.1) is 16.3 Å². The summed E-state index contributed by atoms with van der Waals surface area (Å²) in [7, 11) is -2.09. The maximum Gasteiger partial charge on any atom is 0.330 e. The molecule has 1 N–H and O–H groups in total. The Morgan fingerprint density at radius 3 is 2.67 bits per heavy atom. The van der Waals surface area contributed by atoms with Crippen LogP contribution < -0.4 is 14.4 Å².